The summed E-state index contributed by atoms with van der Waals surface area (Å²) in [5.41, 5.74) is 3.53. The summed E-state index contributed by atoms with van der Waals surface area (Å²) in [6, 6.07) is 6.20. The fraction of sp³-hybridized carbons (Fsp3) is 0.632. The van der Waals surface area contributed by atoms with E-state index >= 15 is 0 Å². The smallest absolute Gasteiger partial charge is 0.281 e. The first-order valence-corrected chi connectivity index (χ1v) is 10.6. The molecule has 6 nitrogen and oxygen atoms in total. The van der Waals surface area contributed by atoms with Gasteiger partial charge in [-0.25, -0.2) is 0 Å². The van der Waals surface area contributed by atoms with Gasteiger partial charge >= 0.3 is 0 Å². The molecule has 1 N–H and O–H groups in total. The summed E-state index contributed by atoms with van der Waals surface area (Å²) in [6.45, 7) is 6.90. The molecule has 1 aliphatic rings. The Morgan fingerprint density at radius 1 is 1.31 bits per heavy atom. The Kier molecular flexibility index (Phi) is 6.82. The van der Waals surface area contributed by atoms with E-state index < -0.39 is 10.2 Å². The van der Waals surface area contributed by atoms with Crippen LogP contribution in [0.3, 0.4) is 0 Å². The monoisotopic (exact) mass is 381 g/mol. The van der Waals surface area contributed by atoms with Crippen molar-refractivity contribution < 1.29 is 13.2 Å². The second-order valence-electron chi connectivity index (χ2n) is 7.30. The lowest BCUT2D eigenvalue weighted by atomic mass is 9.96. The van der Waals surface area contributed by atoms with Gasteiger partial charge in [-0.05, 0) is 49.8 Å². The van der Waals surface area contributed by atoms with E-state index in [0.717, 1.165) is 12.0 Å². The molecule has 0 radical (unpaired) electrons. The van der Waals surface area contributed by atoms with Gasteiger partial charge in [-0.1, -0.05) is 25.1 Å². The molecular formula is C19H31N3O3S. The molecule has 1 aromatic rings. The van der Waals surface area contributed by atoms with Gasteiger partial charge < -0.3 is 5.32 Å². The number of amides is 1. The number of carbonyl (C=O) groups excluding carboxylic acids is 1. The summed E-state index contributed by atoms with van der Waals surface area (Å²) < 4.78 is 27.3. The SMILES string of the molecule is CC[C@H](NC(=O)[C@H]1CCCN(S(=O)(=O)N(C)C)C1)c1ccc(C)c(C)c1. The summed E-state index contributed by atoms with van der Waals surface area (Å²) in [5, 5.41) is 3.13. The van der Waals surface area contributed by atoms with Crippen LogP contribution >= 0.6 is 0 Å². The minimum absolute atomic E-state index is 0.0531. The molecule has 1 aliphatic heterocycles. The molecule has 0 unspecified atom stereocenters. The van der Waals surface area contributed by atoms with Gasteiger partial charge in [-0.2, -0.15) is 17.0 Å². The number of rotatable bonds is 6. The number of piperidine rings is 1. The molecule has 1 amide bonds. The summed E-state index contributed by atoms with van der Waals surface area (Å²) in [4.78, 5) is 12.8. The summed E-state index contributed by atoms with van der Waals surface area (Å²) in [5.74, 6) is -0.368. The average molecular weight is 382 g/mol. The first kappa shape index (κ1) is 20.9. The van der Waals surface area contributed by atoms with Crippen molar-refractivity contribution in [2.45, 2.75) is 46.1 Å². The Hall–Kier alpha value is -1.44. The zero-order chi connectivity index (χ0) is 19.5. The van der Waals surface area contributed by atoms with Crippen LogP contribution < -0.4 is 5.32 Å². The van der Waals surface area contributed by atoms with E-state index in [-0.39, 0.29) is 24.4 Å². The first-order chi connectivity index (χ1) is 12.2. The maximum atomic E-state index is 12.8. The van der Waals surface area contributed by atoms with Crippen LogP contribution in [-0.4, -0.2) is 50.1 Å². The highest BCUT2D eigenvalue weighted by Crippen LogP contribution is 2.24. The minimum Gasteiger partial charge on any atom is -0.349 e. The summed E-state index contributed by atoms with van der Waals surface area (Å²) >= 11 is 0. The maximum Gasteiger partial charge on any atom is 0.281 e. The molecule has 0 saturated carbocycles. The van der Waals surface area contributed by atoms with E-state index in [0.29, 0.717) is 19.4 Å². The highest BCUT2D eigenvalue weighted by molar-refractivity contribution is 7.86. The van der Waals surface area contributed by atoms with E-state index in [2.05, 4.69) is 37.4 Å². The molecule has 2 atom stereocenters. The third-order valence-electron chi connectivity index (χ3n) is 5.20. The van der Waals surface area contributed by atoms with Crippen molar-refractivity contribution in [2.24, 2.45) is 5.92 Å². The molecule has 1 heterocycles. The van der Waals surface area contributed by atoms with Crippen molar-refractivity contribution in [1.82, 2.24) is 13.9 Å². The minimum atomic E-state index is -3.48. The average Bonchev–Trinajstić information content (AvgIpc) is 2.61. The molecule has 26 heavy (non-hydrogen) atoms. The van der Waals surface area contributed by atoms with Gasteiger partial charge in [0, 0.05) is 27.2 Å². The molecule has 0 aliphatic carbocycles. The molecular weight excluding hydrogens is 350 g/mol. The van der Waals surface area contributed by atoms with Crippen molar-refractivity contribution in [3.8, 4) is 0 Å². The van der Waals surface area contributed by atoms with Gasteiger partial charge in [0.05, 0.1) is 12.0 Å². The van der Waals surface area contributed by atoms with Crippen molar-refractivity contribution in [2.75, 3.05) is 27.2 Å². The normalized spacial score (nSPS) is 20.2. The fourth-order valence-electron chi connectivity index (χ4n) is 3.29. The molecule has 1 saturated heterocycles. The van der Waals surface area contributed by atoms with Gasteiger partial charge in [-0.3, -0.25) is 4.79 Å². The van der Waals surface area contributed by atoms with Crippen LogP contribution in [0.5, 0.6) is 0 Å². The van der Waals surface area contributed by atoms with E-state index in [1.165, 1.54) is 33.8 Å². The Balaban J connectivity index is 2.08. The van der Waals surface area contributed by atoms with Gasteiger partial charge in [0.1, 0.15) is 0 Å². The predicted molar refractivity (Wildman–Crippen MR) is 104 cm³/mol. The number of benzene rings is 1. The topological polar surface area (TPSA) is 69.7 Å². The van der Waals surface area contributed by atoms with Crippen molar-refractivity contribution in [1.29, 1.82) is 0 Å². The number of nitrogens with zero attached hydrogens (tertiary/aromatic N) is 2. The van der Waals surface area contributed by atoms with Gasteiger partial charge in [0.25, 0.3) is 10.2 Å². The van der Waals surface area contributed by atoms with E-state index in [1.54, 1.807) is 0 Å². The van der Waals surface area contributed by atoms with Crippen LogP contribution in [0.15, 0.2) is 18.2 Å². The van der Waals surface area contributed by atoms with Crippen molar-refractivity contribution in [3.05, 3.63) is 34.9 Å². The van der Waals surface area contributed by atoms with Crippen molar-refractivity contribution >= 4 is 16.1 Å². The second kappa shape index (κ2) is 8.50. The van der Waals surface area contributed by atoms with Crippen LogP contribution in [-0.2, 0) is 15.0 Å². The highest BCUT2D eigenvalue weighted by atomic mass is 32.2. The van der Waals surface area contributed by atoms with Gasteiger partial charge in [-0.15, -0.1) is 0 Å². The Morgan fingerprint density at radius 2 is 2.00 bits per heavy atom. The molecule has 2 rings (SSSR count). The van der Waals surface area contributed by atoms with E-state index in [1.807, 2.05) is 6.92 Å². The molecule has 146 valence electrons. The number of hydrogen-bond donors (Lipinski definition) is 1. The standard InChI is InChI=1S/C19H31N3O3S/c1-6-18(16-10-9-14(2)15(3)12-16)20-19(23)17-8-7-11-22(13-17)26(24,25)21(4)5/h9-10,12,17-18H,6-8,11,13H2,1-5H3,(H,20,23)/t17-,18-/m0/s1. The highest BCUT2D eigenvalue weighted by Gasteiger charge is 2.34. The van der Waals surface area contributed by atoms with Crippen molar-refractivity contribution in [3.63, 3.8) is 0 Å². The Bertz CT molecular complexity index is 746. The zero-order valence-electron chi connectivity index (χ0n) is 16.4. The van der Waals surface area contributed by atoms with Crippen LogP contribution in [0.4, 0.5) is 0 Å². The molecule has 1 fully saturated rings. The predicted octanol–water partition coefficient (Wildman–Crippen LogP) is 2.39. The van der Waals surface area contributed by atoms with Gasteiger partial charge in [0.15, 0.2) is 0 Å². The van der Waals surface area contributed by atoms with Crippen LogP contribution in [0.1, 0.15) is 48.9 Å². The lowest BCUT2D eigenvalue weighted by Gasteiger charge is -2.33. The summed E-state index contributed by atoms with van der Waals surface area (Å²) in [7, 11) is -0.437. The van der Waals surface area contributed by atoms with E-state index in [4.69, 9.17) is 0 Å². The number of carbonyl (C=O) groups is 1. The molecule has 1 aromatic carbocycles. The quantitative estimate of drug-likeness (QED) is 0.823. The Morgan fingerprint density at radius 3 is 2.58 bits per heavy atom. The van der Waals surface area contributed by atoms with E-state index in [9.17, 15) is 13.2 Å². The fourth-order valence-corrected chi connectivity index (χ4v) is 4.48. The van der Waals surface area contributed by atoms with Crippen LogP contribution in [0.2, 0.25) is 0 Å². The molecule has 0 spiro atoms. The third kappa shape index (κ3) is 4.64. The zero-order valence-corrected chi connectivity index (χ0v) is 17.3. The number of nitrogens with one attached hydrogen (secondary N) is 1. The third-order valence-corrected chi connectivity index (χ3v) is 7.11. The molecule has 7 heteroatoms. The largest absolute Gasteiger partial charge is 0.349 e. The number of aryl methyl sites for hydroxylation is 2. The summed E-state index contributed by atoms with van der Waals surface area (Å²) in [6.07, 6.45) is 2.21. The lowest BCUT2D eigenvalue weighted by Crippen LogP contribution is -2.49. The number of hydrogen-bond acceptors (Lipinski definition) is 3. The second-order valence-corrected chi connectivity index (χ2v) is 9.44. The first-order valence-electron chi connectivity index (χ1n) is 9.22. The lowest BCUT2D eigenvalue weighted by molar-refractivity contribution is -0.126. The molecule has 0 bridgehead atoms. The van der Waals surface area contributed by atoms with Crippen LogP contribution in [0, 0.1) is 19.8 Å². The van der Waals surface area contributed by atoms with Crippen LogP contribution in [0.25, 0.3) is 0 Å². The Labute approximate surface area is 157 Å². The molecule has 0 aromatic heterocycles. The maximum absolute atomic E-state index is 12.8. The van der Waals surface area contributed by atoms with Gasteiger partial charge in [0.2, 0.25) is 5.91 Å².